The molecule has 2 aliphatic heterocycles. The second kappa shape index (κ2) is 9.11. The lowest BCUT2D eigenvalue weighted by molar-refractivity contribution is -0.121. The summed E-state index contributed by atoms with van der Waals surface area (Å²) < 4.78 is 11.2. The largest absolute Gasteiger partial charge is 0.486 e. The van der Waals surface area contributed by atoms with E-state index in [1.54, 1.807) is 6.33 Å². The molecular weight excluding hydrogens is 368 g/mol. The predicted molar refractivity (Wildman–Crippen MR) is 111 cm³/mol. The smallest absolute Gasteiger partial charge is 0.220 e. The summed E-state index contributed by atoms with van der Waals surface area (Å²) >= 11 is 0. The first-order valence-corrected chi connectivity index (χ1v) is 10.4. The van der Waals surface area contributed by atoms with E-state index in [-0.39, 0.29) is 11.9 Å². The van der Waals surface area contributed by atoms with Gasteiger partial charge in [-0.3, -0.25) is 4.79 Å². The molecule has 0 radical (unpaired) electrons. The molecule has 7 heteroatoms. The van der Waals surface area contributed by atoms with Gasteiger partial charge in [-0.25, -0.2) is 9.97 Å². The first kappa shape index (κ1) is 19.5. The molecule has 2 aromatic rings. The van der Waals surface area contributed by atoms with Crippen molar-refractivity contribution in [2.24, 2.45) is 0 Å². The van der Waals surface area contributed by atoms with Gasteiger partial charge in [0.05, 0.1) is 0 Å². The van der Waals surface area contributed by atoms with Crippen molar-refractivity contribution < 1.29 is 14.3 Å². The molecule has 7 nitrogen and oxygen atoms in total. The molecule has 2 aliphatic rings. The number of nitrogens with one attached hydrogen (secondary N) is 1. The van der Waals surface area contributed by atoms with E-state index >= 15 is 0 Å². The Bertz CT molecular complexity index is 850. The van der Waals surface area contributed by atoms with E-state index in [0.29, 0.717) is 26.1 Å². The lowest BCUT2D eigenvalue weighted by Gasteiger charge is -2.33. The molecular formula is C22H28N4O3. The summed E-state index contributed by atoms with van der Waals surface area (Å²) in [6.45, 7) is 5.05. The van der Waals surface area contributed by atoms with Crippen molar-refractivity contribution in [3.63, 3.8) is 0 Å². The second-order valence-electron chi connectivity index (χ2n) is 7.53. The quantitative estimate of drug-likeness (QED) is 0.809. The summed E-state index contributed by atoms with van der Waals surface area (Å²) in [5.41, 5.74) is 2.15. The molecule has 29 heavy (non-hydrogen) atoms. The van der Waals surface area contributed by atoms with Crippen molar-refractivity contribution in [3.8, 4) is 11.5 Å². The maximum absolute atomic E-state index is 12.4. The highest BCUT2D eigenvalue weighted by Crippen LogP contribution is 2.31. The fourth-order valence-corrected chi connectivity index (χ4v) is 3.81. The van der Waals surface area contributed by atoms with Crippen LogP contribution >= 0.6 is 0 Å². The summed E-state index contributed by atoms with van der Waals surface area (Å²) in [6, 6.07) is 8.20. The number of carbonyl (C=O) groups excluding carboxylic acids is 1. The third-order valence-corrected chi connectivity index (χ3v) is 5.50. The molecule has 1 fully saturated rings. The van der Waals surface area contributed by atoms with Crippen molar-refractivity contribution in [1.29, 1.82) is 0 Å². The van der Waals surface area contributed by atoms with Crippen LogP contribution in [0.3, 0.4) is 0 Å². The van der Waals surface area contributed by atoms with Gasteiger partial charge in [0.1, 0.15) is 25.4 Å². The monoisotopic (exact) mass is 396 g/mol. The zero-order chi connectivity index (χ0) is 20.1. The number of carbonyl (C=O) groups is 1. The Labute approximate surface area is 171 Å². The molecule has 4 rings (SSSR count). The molecule has 1 aromatic heterocycles. The third kappa shape index (κ3) is 4.96. The number of fused-ring (bicyclic) bond motifs is 1. The van der Waals surface area contributed by atoms with Gasteiger partial charge in [0.25, 0.3) is 0 Å². The van der Waals surface area contributed by atoms with Gasteiger partial charge in [0, 0.05) is 37.3 Å². The minimum absolute atomic E-state index is 0.105. The standard InChI is InChI=1S/C22H28N4O3/c1-2-17-14-21(24-15-23-17)26-9-7-18(8-10-26)25-22(27)6-4-16-3-5-19-20(13-16)29-12-11-28-19/h3,5,13-15,18H,2,4,6-12H2,1H3,(H,25,27). The number of piperidine rings is 1. The maximum Gasteiger partial charge on any atom is 0.220 e. The van der Waals surface area contributed by atoms with Crippen molar-refractivity contribution in [2.45, 2.75) is 45.1 Å². The Morgan fingerprint density at radius 2 is 1.93 bits per heavy atom. The molecule has 0 atom stereocenters. The number of benzene rings is 1. The van der Waals surface area contributed by atoms with Crippen LogP contribution in [0.4, 0.5) is 5.82 Å². The summed E-state index contributed by atoms with van der Waals surface area (Å²) in [5, 5.41) is 3.19. The van der Waals surface area contributed by atoms with Gasteiger partial charge in [0.2, 0.25) is 5.91 Å². The zero-order valence-corrected chi connectivity index (χ0v) is 16.9. The Balaban J connectivity index is 1.23. The van der Waals surface area contributed by atoms with Gasteiger partial charge >= 0.3 is 0 Å². The van der Waals surface area contributed by atoms with E-state index in [4.69, 9.17) is 9.47 Å². The fourth-order valence-electron chi connectivity index (χ4n) is 3.81. The first-order valence-electron chi connectivity index (χ1n) is 10.4. The van der Waals surface area contributed by atoms with E-state index in [9.17, 15) is 4.79 Å². The van der Waals surface area contributed by atoms with Crippen molar-refractivity contribution in [2.75, 3.05) is 31.2 Å². The van der Waals surface area contributed by atoms with Gasteiger partial charge in [0.15, 0.2) is 11.5 Å². The summed E-state index contributed by atoms with van der Waals surface area (Å²) in [7, 11) is 0. The minimum atomic E-state index is 0.105. The summed E-state index contributed by atoms with van der Waals surface area (Å²) in [6.07, 6.45) is 5.58. The Kier molecular flexibility index (Phi) is 6.12. The topological polar surface area (TPSA) is 76.6 Å². The van der Waals surface area contributed by atoms with Crippen LogP contribution in [-0.4, -0.2) is 48.2 Å². The lowest BCUT2D eigenvalue weighted by atomic mass is 10.0. The SMILES string of the molecule is CCc1cc(N2CCC(NC(=O)CCc3ccc4c(c3)OCCO4)CC2)ncn1. The molecule has 0 saturated carbocycles. The van der Waals surface area contributed by atoms with Gasteiger partial charge in [-0.2, -0.15) is 0 Å². The van der Waals surface area contributed by atoms with Crippen LogP contribution in [0.1, 0.15) is 37.4 Å². The molecule has 154 valence electrons. The van der Waals surface area contributed by atoms with Crippen LogP contribution in [0.5, 0.6) is 11.5 Å². The molecule has 1 amide bonds. The number of amides is 1. The van der Waals surface area contributed by atoms with Crippen LogP contribution in [-0.2, 0) is 17.6 Å². The third-order valence-electron chi connectivity index (χ3n) is 5.50. The zero-order valence-electron chi connectivity index (χ0n) is 16.9. The Morgan fingerprint density at radius 3 is 2.72 bits per heavy atom. The lowest BCUT2D eigenvalue weighted by Crippen LogP contribution is -2.45. The van der Waals surface area contributed by atoms with Crippen molar-refractivity contribution >= 4 is 11.7 Å². The van der Waals surface area contributed by atoms with Gasteiger partial charge < -0.3 is 19.7 Å². The van der Waals surface area contributed by atoms with Crippen LogP contribution in [0.25, 0.3) is 0 Å². The number of anilines is 1. The van der Waals surface area contributed by atoms with Crippen LogP contribution in [0, 0.1) is 0 Å². The molecule has 0 spiro atoms. The van der Waals surface area contributed by atoms with Crippen LogP contribution < -0.4 is 19.7 Å². The predicted octanol–water partition coefficient (Wildman–Crippen LogP) is 2.53. The molecule has 0 bridgehead atoms. The highest BCUT2D eigenvalue weighted by molar-refractivity contribution is 5.76. The Morgan fingerprint density at radius 1 is 1.14 bits per heavy atom. The van der Waals surface area contributed by atoms with Crippen molar-refractivity contribution in [3.05, 3.63) is 41.9 Å². The normalized spacial score (nSPS) is 16.5. The van der Waals surface area contributed by atoms with E-state index < -0.39 is 0 Å². The highest BCUT2D eigenvalue weighted by atomic mass is 16.6. The number of nitrogens with zero attached hydrogens (tertiary/aromatic N) is 3. The van der Waals surface area contributed by atoms with Crippen LogP contribution in [0.15, 0.2) is 30.6 Å². The fraction of sp³-hybridized carbons (Fsp3) is 0.500. The first-order chi connectivity index (χ1) is 14.2. The van der Waals surface area contributed by atoms with E-state index in [1.807, 2.05) is 18.2 Å². The molecule has 0 aliphatic carbocycles. The van der Waals surface area contributed by atoms with E-state index in [2.05, 4.69) is 33.2 Å². The van der Waals surface area contributed by atoms with Crippen LogP contribution in [0.2, 0.25) is 0 Å². The molecule has 1 N–H and O–H groups in total. The molecule has 0 unspecified atom stereocenters. The number of aryl methyl sites for hydroxylation is 2. The summed E-state index contributed by atoms with van der Waals surface area (Å²) in [5.74, 6) is 2.65. The molecule has 1 aromatic carbocycles. The molecule has 3 heterocycles. The Hall–Kier alpha value is -2.83. The number of hydrogen-bond donors (Lipinski definition) is 1. The van der Waals surface area contributed by atoms with Gasteiger partial charge in [-0.15, -0.1) is 0 Å². The number of rotatable bonds is 6. The molecule has 1 saturated heterocycles. The highest BCUT2D eigenvalue weighted by Gasteiger charge is 2.22. The van der Waals surface area contributed by atoms with Gasteiger partial charge in [-0.05, 0) is 43.4 Å². The average Bonchev–Trinajstić information content (AvgIpc) is 2.78. The van der Waals surface area contributed by atoms with E-state index in [0.717, 1.165) is 60.9 Å². The average molecular weight is 396 g/mol. The number of ether oxygens (including phenoxy) is 2. The number of aromatic nitrogens is 2. The second-order valence-corrected chi connectivity index (χ2v) is 7.53. The number of hydrogen-bond acceptors (Lipinski definition) is 6. The minimum Gasteiger partial charge on any atom is -0.486 e. The van der Waals surface area contributed by atoms with Crippen molar-refractivity contribution in [1.82, 2.24) is 15.3 Å². The van der Waals surface area contributed by atoms with E-state index in [1.165, 1.54) is 0 Å². The maximum atomic E-state index is 12.4. The summed E-state index contributed by atoms with van der Waals surface area (Å²) in [4.78, 5) is 23.3. The van der Waals surface area contributed by atoms with Gasteiger partial charge in [-0.1, -0.05) is 13.0 Å².